The SMILES string of the molecule is Cc1ccnc(C(O)Cc2ncnn2CC(C)C)c1. The van der Waals surface area contributed by atoms with Crippen molar-refractivity contribution in [2.45, 2.75) is 39.8 Å². The standard InChI is InChI=1S/C14H20N4O/c1-10(2)8-18-14(16-9-17-18)7-13(19)12-6-11(3)4-5-15-12/h4-6,9-10,13,19H,7-8H2,1-3H3. The first-order chi connectivity index (χ1) is 9.06. The Morgan fingerprint density at radius 3 is 2.79 bits per heavy atom. The maximum Gasteiger partial charge on any atom is 0.138 e. The van der Waals surface area contributed by atoms with Crippen molar-refractivity contribution in [2.24, 2.45) is 5.92 Å². The van der Waals surface area contributed by atoms with E-state index in [1.54, 1.807) is 6.20 Å². The summed E-state index contributed by atoms with van der Waals surface area (Å²) in [4.78, 5) is 8.42. The van der Waals surface area contributed by atoms with Gasteiger partial charge in [0.1, 0.15) is 18.3 Å². The molecule has 0 bridgehead atoms. The quantitative estimate of drug-likeness (QED) is 0.892. The number of aliphatic hydroxyl groups excluding tert-OH is 1. The lowest BCUT2D eigenvalue weighted by atomic mass is 10.1. The smallest absolute Gasteiger partial charge is 0.138 e. The highest BCUT2D eigenvalue weighted by molar-refractivity contribution is 5.16. The molecule has 0 amide bonds. The summed E-state index contributed by atoms with van der Waals surface area (Å²) >= 11 is 0. The summed E-state index contributed by atoms with van der Waals surface area (Å²) in [5.41, 5.74) is 1.77. The second-order valence-electron chi connectivity index (χ2n) is 5.23. The minimum Gasteiger partial charge on any atom is -0.386 e. The van der Waals surface area contributed by atoms with Gasteiger partial charge >= 0.3 is 0 Å². The van der Waals surface area contributed by atoms with Gasteiger partial charge in [-0.1, -0.05) is 13.8 Å². The van der Waals surface area contributed by atoms with E-state index in [0.29, 0.717) is 18.0 Å². The highest BCUT2D eigenvalue weighted by Gasteiger charge is 2.15. The fourth-order valence-corrected chi connectivity index (χ4v) is 1.96. The molecule has 1 N–H and O–H groups in total. The number of aliphatic hydroxyl groups is 1. The van der Waals surface area contributed by atoms with Crippen LogP contribution in [0.3, 0.4) is 0 Å². The first kappa shape index (κ1) is 13.7. The van der Waals surface area contributed by atoms with Gasteiger partial charge < -0.3 is 5.11 Å². The van der Waals surface area contributed by atoms with Crippen LogP contribution in [0.1, 0.15) is 37.0 Å². The Morgan fingerprint density at radius 1 is 1.32 bits per heavy atom. The molecule has 5 nitrogen and oxygen atoms in total. The summed E-state index contributed by atoms with van der Waals surface area (Å²) in [6.45, 7) is 7.05. The van der Waals surface area contributed by atoms with Crippen molar-refractivity contribution < 1.29 is 5.11 Å². The highest BCUT2D eigenvalue weighted by Crippen LogP contribution is 2.16. The third kappa shape index (κ3) is 3.61. The zero-order chi connectivity index (χ0) is 13.8. The molecule has 0 saturated heterocycles. The van der Waals surface area contributed by atoms with Crippen molar-refractivity contribution in [2.75, 3.05) is 0 Å². The fourth-order valence-electron chi connectivity index (χ4n) is 1.96. The van der Waals surface area contributed by atoms with Crippen molar-refractivity contribution in [3.63, 3.8) is 0 Å². The van der Waals surface area contributed by atoms with Gasteiger partial charge in [-0.25, -0.2) is 9.67 Å². The molecule has 0 radical (unpaired) electrons. The normalized spacial score (nSPS) is 12.9. The van der Waals surface area contributed by atoms with E-state index in [9.17, 15) is 5.11 Å². The van der Waals surface area contributed by atoms with Crippen LogP contribution in [0, 0.1) is 12.8 Å². The van der Waals surface area contributed by atoms with Gasteiger partial charge in [0.25, 0.3) is 0 Å². The maximum atomic E-state index is 10.2. The van der Waals surface area contributed by atoms with E-state index in [-0.39, 0.29) is 0 Å². The third-order valence-corrected chi connectivity index (χ3v) is 2.89. The Balaban J connectivity index is 2.10. The number of hydrogen-bond acceptors (Lipinski definition) is 4. The molecular weight excluding hydrogens is 240 g/mol. The molecule has 0 aliphatic carbocycles. The van der Waals surface area contributed by atoms with Crippen LogP contribution in [0.4, 0.5) is 0 Å². The van der Waals surface area contributed by atoms with Gasteiger partial charge in [0.15, 0.2) is 0 Å². The van der Waals surface area contributed by atoms with Crippen molar-refractivity contribution in [3.8, 4) is 0 Å². The molecule has 2 rings (SSSR count). The molecule has 0 fully saturated rings. The minimum absolute atomic E-state index is 0.434. The van der Waals surface area contributed by atoms with Crippen molar-refractivity contribution >= 4 is 0 Å². The van der Waals surface area contributed by atoms with Crippen molar-refractivity contribution in [3.05, 3.63) is 41.7 Å². The zero-order valence-corrected chi connectivity index (χ0v) is 11.6. The molecule has 1 atom stereocenters. The predicted molar refractivity (Wildman–Crippen MR) is 72.5 cm³/mol. The number of aromatic nitrogens is 4. The molecule has 0 aliphatic heterocycles. The van der Waals surface area contributed by atoms with Gasteiger partial charge in [-0.05, 0) is 30.5 Å². The average molecular weight is 260 g/mol. The topological polar surface area (TPSA) is 63.8 Å². The maximum absolute atomic E-state index is 10.2. The average Bonchev–Trinajstić information content (AvgIpc) is 2.75. The minimum atomic E-state index is -0.644. The van der Waals surface area contributed by atoms with Crippen LogP contribution < -0.4 is 0 Å². The summed E-state index contributed by atoms with van der Waals surface area (Å²) < 4.78 is 1.85. The van der Waals surface area contributed by atoms with E-state index in [1.807, 2.05) is 23.7 Å². The van der Waals surface area contributed by atoms with Crippen LogP contribution >= 0.6 is 0 Å². The molecule has 2 heterocycles. The van der Waals surface area contributed by atoms with Crippen LogP contribution in [-0.4, -0.2) is 24.9 Å². The van der Waals surface area contributed by atoms with Crippen LogP contribution in [0.5, 0.6) is 0 Å². The number of rotatable bonds is 5. The Kier molecular flexibility index (Phi) is 4.27. The molecule has 19 heavy (non-hydrogen) atoms. The monoisotopic (exact) mass is 260 g/mol. The molecule has 0 spiro atoms. The van der Waals surface area contributed by atoms with Gasteiger partial charge in [-0.15, -0.1) is 0 Å². The molecule has 5 heteroatoms. The Morgan fingerprint density at radius 2 is 2.11 bits per heavy atom. The van der Waals surface area contributed by atoms with E-state index in [4.69, 9.17) is 0 Å². The number of hydrogen-bond donors (Lipinski definition) is 1. The second kappa shape index (κ2) is 5.93. The lowest BCUT2D eigenvalue weighted by Crippen LogP contribution is -2.14. The molecule has 2 aromatic rings. The molecule has 0 aromatic carbocycles. The molecule has 102 valence electrons. The Bertz CT molecular complexity index is 536. The molecule has 0 saturated carbocycles. The van der Waals surface area contributed by atoms with E-state index >= 15 is 0 Å². The zero-order valence-electron chi connectivity index (χ0n) is 11.6. The summed E-state index contributed by atoms with van der Waals surface area (Å²) in [5, 5.41) is 14.4. The third-order valence-electron chi connectivity index (χ3n) is 2.89. The van der Waals surface area contributed by atoms with Gasteiger partial charge in [-0.3, -0.25) is 4.98 Å². The van der Waals surface area contributed by atoms with E-state index in [2.05, 4.69) is 28.9 Å². The predicted octanol–water partition coefficient (Wildman–Crippen LogP) is 1.91. The number of pyridine rings is 1. The summed E-state index contributed by atoms with van der Waals surface area (Å²) in [5.74, 6) is 1.29. The van der Waals surface area contributed by atoms with Crippen LogP contribution in [0.25, 0.3) is 0 Å². The molecular formula is C14H20N4O. The Labute approximate surface area is 113 Å². The first-order valence-electron chi connectivity index (χ1n) is 6.53. The number of aryl methyl sites for hydroxylation is 1. The summed E-state index contributed by atoms with van der Waals surface area (Å²) in [7, 11) is 0. The van der Waals surface area contributed by atoms with Gasteiger partial charge in [0.2, 0.25) is 0 Å². The lowest BCUT2D eigenvalue weighted by Gasteiger charge is -2.12. The second-order valence-corrected chi connectivity index (χ2v) is 5.23. The van der Waals surface area contributed by atoms with Gasteiger partial charge in [-0.2, -0.15) is 5.10 Å². The van der Waals surface area contributed by atoms with E-state index < -0.39 is 6.10 Å². The van der Waals surface area contributed by atoms with Crippen molar-refractivity contribution in [1.82, 2.24) is 19.7 Å². The van der Waals surface area contributed by atoms with Crippen molar-refractivity contribution in [1.29, 1.82) is 0 Å². The lowest BCUT2D eigenvalue weighted by molar-refractivity contribution is 0.168. The Hall–Kier alpha value is -1.75. The molecule has 0 aliphatic rings. The largest absolute Gasteiger partial charge is 0.386 e. The summed E-state index contributed by atoms with van der Waals surface area (Å²) in [6.07, 6.45) is 3.04. The first-order valence-corrected chi connectivity index (χ1v) is 6.53. The van der Waals surface area contributed by atoms with E-state index in [1.165, 1.54) is 6.33 Å². The molecule has 2 aromatic heterocycles. The number of nitrogens with zero attached hydrogens (tertiary/aromatic N) is 4. The highest BCUT2D eigenvalue weighted by atomic mass is 16.3. The molecule has 1 unspecified atom stereocenters. The van der Waals surface area contributed by atoms with E-state index in [0.717, 1.165) is 17.9 Å². The van der Waals surface area contributed by atoms with Gasteiger partial charge in [0.05, 0.1) is 5.69 Å². The van der Waals surface area contributed by atoms with Crippen LogP contribution in [-0.2, 0) is 13.0 Å². The van der Waals surface area contributed by atoms with Crippen LogP contribution in [0.15, 0.2) is 24.7 Å². The fraction of sp³-hybridized carbons (Fsp3) is 0.500. The summed E-state index contributed by atoms with van der Waals surface area (Å²) in [6, 6.07) is 3.81. The van der Waals surface area contributed by atoms with Crippen LogP contribution in [0.2, 0.25) is 0 Å². The van der Waals surface area contributed by atoms with Gasteiger partial charge in [0, 0.05) is 19.2 Å².